The predicted molar refractivity (Wildman–Crippen MR) is 91.0 cm³/mol. The predicted octanol–water partition coefficient (Wildman–Crippen LogP) is 3.17. The third kappa shape index (κ3) is 4.73. The molecule has 0 fully saturated rings. The Labute approximate surface area is 134 Å². The number of phenols is 1. The van der Waals surface area contributed by atoms with Gasteiger partial charge in [-0.15, -0.1) is 0 Å². The van der Waals surface area contributed by atoms with Crippen molar-refractivity contribution in [3.05, 3.63) is 28.8 Å². The van der Waals surface area contributed by atoms with Gasteiger partial charge in [-0.3, -0.25) is 10.2 Å². The normalized spacial score (nSPS) is 12.3. The summed E-state index contributed by atoms with van der Waals surface area (Å²) in [6.07, 6.45) is 1.07. The van der Waals surface area contributed by atoms with Crippen molar-refractivity contribution in [3.8, 4) is 5.75 Å². The molecule has 0 aromatic heterocycles. The van der Waals surface area contributed by atoms with Crippen molar-refractivity contribution in [2.45, 2.75) is 65.2 Å². The maximum absolute atomic E-state index is 11.6. The number of carbonyl (C=O) groups is 1. The van der Waals surface area contributed by atoms with E-state index in [0.717, 1.165) is 16.7 Å². The second-order valence-corrected chi connectivity index (χ2v) is 7.84. The molecule has 22 heavy (non-hydrogen) atoms. The van der Waals surface area contributed by atoms with Crippen LogP contribution in [0.3, 0.4) is 0 Å². The highest BCUT2D eigenvalue weighted by Crippen LogP contribution is 2.39. The number of amides is 1. The molecule has 0 bridgehead atoms. The van der Waals surface area contributed by atoms with E-state index in [9.17, 15) is 9.90 Å². The minimum absolute atomic E-state index is 0.0369. The average Bonchev–Trinajstić information content (AvgIpc) is 2.35. The quantitative estimate of drug-likeness (QED) is 0.749. The largest absolute Gasteiger partial charge is 0.507 e. The van der Waals surface area contributed by atoms with E-state index in [1.165, 1.54) is 0 Å². The van der Waals surface area contributed by atoms with Gasteiger partial charge in [-0.05, 0) is 33.9 Å². The third-order valence-corrected chi connectivity index (χ3v) is 3.69. The van der Waals surface area contributed by atoms with Crippen molar-refractivity contribution in [2.75, 3.05) is 7.05 Å². The minimum Gasteiger partial charge on any atom is -0.507 e. The van der Waals surface area contributed by atoms with Gasteiger partial charge >= 0.3 is 0 Å². The molecule has 0 saturated heterocycles. The fourth-order valence-electron chi connectivity index (χ4n) is 2.44. The summed E-state index contributed by atoms with van der Waals surface area (Å²) in [5.41, 5.74) is 7.88. The first-order chi connectivity index (χ1) is 9.96. The van der Waals surface area contributed by atoms with E-state index in [1.54, 1.807) is 7.05 Å². The fraction of sp³-hybridized carbons (Fsp3) is 0.611. The SMILES string of the molecule is CNNC(=O)CCc1cc(C(C)(C)C)c(O)c(C(C)(C)C)c1. The van der Waals surface area contributed by atoms with Crippen molar-refractivity contribution in [2.24, 2.45) is 0 Å². The van der Waals surface area contributed by atoms with Crippen LogP contribution in [0.15, 0.2) is 12.1 Å². The van der Waals surface area contributed by atoms with Gasteiger partial charge in [0.05, 0.1) is 0 Å². The summed E-state index contributed by atoms with van der Waals surface area (Å²) in [4.78, 5) is 11.6. The highest BCUT2D eigenvalue weighted by atomic mass is 16.3. The van der Waals surface area contributed by atoms with Crippen molar-refractivity contribution in [3.63, 3.8) is 0 Å². The average molecular weight is 306 g/mol. The molecule has 0 radical (unpaired) electrons. The summed E-state index contributed by atoms with van der Waals surface area (Å²) in [6.45, 7) is 12.5. The smallest absolute Gasteiger partial charge is 0.234 e. The van der Waals surface area contributed by atoms with E-state index in [-0.39, 0.29) is 16.7 Å². The zero-order valence-corrected chi connectivity index (χ0v) is 14.9. The number of hydrogen-bond donors (Lipinski definition) is 3. The summed E-state index contributed by atoms with van der Waals surface area (Å²) in [7, 11) is 1.67. The Morgan fingerprint density at radius 3 is 1.86 bits per heavy atom. The maximum atomic E-state index is 11.6. The molecule has 0 heterocycles. The van der Waals surface area contributed by atoms with E-state index in [0.29, 0.717) is 18.6 Å². The van der Waals surface area contributed by atoms with Crippen LogP contribution in [0.4, 0.5) is 0 Å². The molecule has 0 aliphatic heterocycles. The Morgan fingerprint density at radius 2 is 1.50 bits per heavy atom. The van der Waals surface area contributed by atoms with Crippen LogP contribution in [-0.2, 0) is 22.0 Å². The van der Waals surface area contributed by atoms with Crippen LogP contribution in [0, 0.1) is 0 Å². The van der Waals surface area contributed by atoms with E-state index in [2.05, 4.69) is 52.4 Å². The molecule has 0 spiro atoms. The first-order valence-corrected chi connectivity index (χ1v) is 7.79. The number of carbonyl (C=O) groups excluding carboxylic acids is 1. The van der Waals surface area contributed by atoms with E-state index in [4.69, 9.17) is 0 Å². The van der Waals surface area contributed by atoms with Gasteiger partial charge in [-0.1, -0.05) is 53.7 Å². The second kappa shape index (κ2) is 6.69. The van der Waals surface area contributed by atoms with Crippen LogP contribution in [0.1, 0.15) is 64.7 Å². The van der Waals surface area contributed by atoms with Crippen LogP contribution < -0.4 is 10.9 Å². The van der Waals surface area contributed by atoms with Gasteiger partial charge in [0.1, 0.15) is 5.75 Å². The number of phenolic OH excluding ortho intramolecular Hbond substituents is 1. The summed E-state index contributed by atoms with van der Waals surface area (Å²) in [5.74, 6) is 0.341. The number of aromatic hydroxyl groups is 1. The summed E-state index contributed by atoms with van der Waals surface area (Å²) in [5, 5.41) is 10.7. The zero-order valence-electron chi connectivity index (χ0n) is 14.9. The molecule has 0 unspecified atom stereocenters. The molecule has 3 N–H and O–H groups in total. The summed E-state index contributed by atoms with van der Waals surface area (Å²) >= 11 is 0. The third-order valence-electron chi connectivity index (χ3n) is 3.69. The molecule has 4 heteroatoms. The topological polar surface area (TPSA) is 61.4 Å². The minimum atomic E-state index is -0.146. The monoisotopic (exact) mass is 306 g/mol. The standard InChI is InChI=1S/C18H30N2O2/c1-17(2,3)13-10-12(8-9-15(21)20-19-7)11-14(16(13)22)18(4,5)6/h10-11,19,22H,8-9H2,1-7H3,(H,20,21). The molecule has 1 amide bonds. The Morgan fingerprint density at radius 1 is 1.05 bits per heavy atom. The highest BCUT2D eigenvalue weighted by Gasteiger charge is 2.26. The molecular formula is C18H30N2O2. The molecule has 1 aromatic carbocycles. The molecule has 0 aliphatic rings. The second-order valence-electron chi connectivity index (χ2n) is 7.84. The number of hydrazine groups is 1. The van der Waals surface area contributed by atoms with Crippen molar-refractivity contribution in [1.29, 1.82) is 0 Å². The lowest BCUT2D eigenvalue weighted by molar-refractivity contribution is -0.121. The number of rotatable bonds is 4. The molecule has 124 valence electrons. The lowest BCUT2D eigenvalue weighted by atomic mass is 9.78. The Hall–Kier alpha value is -1.55. The van der Waals surface area contributed by atoms with Crippen LogP contribution >= 0.6 is 0 Å². The molecule has 0 atom stereocenters. The van der Waals surface area contributed by atoms with Crippen LogP contribution in [0.2, 0.25) is 0 Å². The van der Waals surface area contributed by atoms with Gasteiger partial charge in [-0.25, -0.2) is 5.43 Å². The lowest BCUT2D eigenvalue weighted by Gasteiger charge is -2.28. The summed E-state index contributed by atoms with van der Waals surface area (Å²) < 4.78 is 0. The number of hydrogen-bond acceptors (Lipinski definition) is 3. The fourth-order valence-corrected chi connectivity index (χ4v) is 2.44. The Bertz CT molecular complexity index is 502. The van der Waals surface area contributed by atoms with Gasteiger partial charge in [0.15, 0.2) is 0 Å². The first kappa shape index (κ1) is 18.5. The highest BCUT2D eigenvalue weighted by molar-refractivity contribution is 5.75. The molecule has 0 saturated carbocycles. The van der Waals surface area contributed by atoms with Gasteiger partial charge in [-0.2, -0.15) is 0 Å². The van der Waals surface area contributed by atoms with E-state index < -0.39 is 0 Å². The van der Waals surface area contributed by atoms with Crippen LogP contribution in [0.5, 0.6) is 5.75 Å². The Kier molecular flexibility index (Phi) is 5.63. The number of nitrogens with one attached hydrogen (secondary N) is 2. The zero-order chi connectivity index (χ0) is 17.1. The molecule has 4 nitrogen and oxygen atoms in total. The molecular weight excluding hydrogens is 276 g/mol. The molecule has 1 aromatic rings. The number of benzene rings is 1. The number of aryl methyl sites for hydroxylation is 1. The molecule has 0 aliphatic carbocycles. The van der Waals surface area contributed by atoms with Crippen molar-refractivity contribution >= 4 is 5.91 Å². The van der Waals surface area contributed by atoms with Crippen molar-refractivity contribution < 1.29 is 9.90 Å². The summed E-state index contributed by atoms with van der Waals surface area (Å²) in [6, 6.07) is 4.05. The lowest BCUT2D eigenvalue weighted by Crippen LogP contribution is -2.34. The van der Waals surface area contributed by atoms with Gasteiger partial charge in [0.2, 0.25) is 5.91 Å². The van der Waals surface area contributed by atoms with E-state index >= 15 is 0 Å². The van der Waals surface area contributed by atoms with Gasteiger partial charge in [0, 0.05) is 13.5 Å². The first-order valence-electron chi connectivity index (χ1n) is 7.79. The van der Waals surface area contributed by atoms with E-state index in [1.807, 2.05) is 12.1 Å². The maximum Gasteiger partial charge on any atom is 0.234 e. The Balaban J connectivity index is 3.21. The van der Waals surface area contributed by atoms with Crippen molar-refractivity contribution in [1.82, 2.24) is 10.9 Å². The molecule has 1 rings (SSSR count). The van der Waals surface area contributed by atoms with Crippen LogP contribution in [-0.4, -0.2) is 18.1 Å². The van der Waals surface area contributed by atoms with Gasteiger partial charge < -0.3 is 5.11 Å². The van der Waals surface area contributed by atoms with Gasteiger partial charge in [0.25, 0.3) is 0 Å². The van der Waals surface area contributed by atoms with Crippen LogP contribution in [0.25, 0.3) is 0 Å².